The summed E-state index contributed by atoms with van der Waals surface area (Å²) in [6, 6.07) is 34.2. The topological polar surface area (TPSA) is 0 Å². The Morgan fingerprint density at radius 1 is 0.483 bits per heavy atom. The van der Waals surface area contributed by atoms with Gasteiger partial charge < -0.3 is 0 Å². The van der Waals surface area contributed by atoms with E-state index in [1.165, 1.54) is 11.1 Å². The molecule has 0 saturated carbocycles. The summed E-state index contributed by atoms with van der Waals surface area (Å²) in [6.45, 7) is 11.9. The van der Waals surface area contributed by atoms with Crippen molar-refractivity contribution in [2.45, 2.75) is 37.7 Å². The van der Waals surface area contributed by atoms with Gasteiger partial charge in [-0.2, -0.15) is 0 Å². The molecular weight excluding hydrogens is 428 g/mol. The fourth-order valence-electron chi connectivity index (χ4n) is 5.59. The van der Waals surface area contributed by atoms with E-state index in [0.29, 0.717) is 0 Å². The van der Waals surface area contributed by atoms with Crippen LogP contribution in [0.15, 0.2) is 113 Å². The van der Waals surface area contributed by atoms with Gasteiger partial charge in [-0.25, -0.2) is 0 Å². The van der Waals surface area contributed by atoms with Crippen molar-refractivity contribution in [3.8, 4) is 0 Å². The predicted molar refractivity (Wildman–Crippen MR) is 123 cm³/mol. The molecule has 0 heterocycles. The second kappa shape index (κ2) is 7.69. The van der Waals surface area contributed by atoms with Crippen LogP contribution in [-0.4, -0.2) is 0 Å². The van der Waals surface area contributed by atoms with Gasteiger partial charge in [0.05, 0.1) is 0 Å². The number of benzene rings is 3. The first-order valence-electron chi connectivity index (χ1n) is 10.5. The van der Waals surface area contributed by atoms with Crippen LogP contribution in [0.4, 0.5) is 0 Å². The van der Waals surface area contributed by atoms with Crippen LogP contribution in [0.1, 0.15) is 34.6 Å². The third-order valence-electron chi connectivity index (χ3n) is 7.56. The maximum absolute atomic E-state index is 3.53. The van der Waals surface area contributed by atoms with Crippen molar-refractivity contribution in [2.24, 2.45) is 0 Å². The Balaban J connectivity index is 2.22. The van der Waals surface area contributed by atoms with Gasteiger partial charge in [0.2, 0.25) is 0 Å². The first kappa shape index (κ1) is 20.3. The molecule has 0 aliphatic heterocycles. The number of rotatable bonds is 4. The van der Waals surface area contributed by atoms with Crippen LogP contribution in [0.3, 0.4) is 0 Å². The van der Waals surface area contributed by atoms with Crippen LogP contribution < -0.4 is 9.81 Å². The zero-order chi connectivity index (χ0) is 20.6. The van der Waals surface area contributed by atoms with Gasteiger partial charge in [0, 0.05) is 0 Å². The molecule has 0 N–H and O–H groups in total. The van der Waals surface area contributed by atoms with Crippen molar-refractivity contribution in [3.05, 3.63) is 113 Å². The molecule has 0 fully saturated rings. The molecule has 0 unspecified atom stereocenters. The Morgan fingerprint density at radius 3 is 1.03 bits per heavy atom. The second-order valence-corrected chi connectivity index (χ2v) is 18.9. The van der Waals surface area contributed by atoms with Gasteiger partial charge in [-0.15, -0.1) is 0 Å². The fraction of sp³-hybridized carbons (Fsp3) is 0.214. The Hall–Kier alpha value is -1.98. The number of hydrogen-bond donors (Lipinski definition) is 0. The Labute approximate surface area is 180 Å². The summed E-state index contributed by atoms with van der Waals surface area (Å²) >= 11 is -3.53. The molecule has 0 bridgehead atoms. The van der Waals surface area contributed by atoms with Gasteiger partial charge >= 0.3 is 181 Å². The standard InChI is InChI=1S/C10H15.3C6H5.Zr/c1-6-7(2)9(4)10(5)8(6)3;3*1-2-4-6-5-3-1;/h1-5H3;3*1-5H;. The summed E-state index contributed by atoms with van der Waals surface area (Å²) in [4.78, 5) is 0. The van der Waals surface area contributed by atoms with Crippen molar-refractivity contribution in [3.63, 3.8) is 0 Å². The van der Waals surface area contributed by atoms with Gasteiger partial charge in [-0.05, 0) is 0 Å². The van der Waals surface area contributed by atoms with Gasteiger partial charge in [-0.1, -0.05) is 0 Å². The molecule has 29 heavy (non-hydrogen) atoms. The van der Waals surface area contributed by atoms with Gasteiger partial charge in [0.1, 0.15) is 0 Å². The third-order valence-corrected chi connectivity index (χ3v) is 21.9. The summed E-state index contributed by atoms with van der Waals surface area (Å²) in [7, 11) is 0. The minimum atomic E-state index is -3.53. The summed E-state index contributed by atoms with van der Waals surface area (Å²) in [5.41, 5.74) is 6.07. The zero-order valence-electron chi connectivity index (χ0n) is 18.2. The molecule has 0 amide bonds. The van der Waals surface area contributed by atoms with Gasteiger partial charge in [0.15, 0.2) is 0 Å². The van der Waals surface area contributed by atoms with Crippen molar-refractivity contribution >= 4 is 9.81 Å². The molecule has 4 rings (SSSR count). The molecule has 1 aliphatic rings. The maximum atomic E-state index is 2.54. The Kier molecular flexibility index (Phi) is 5.39. The summed E-state index contributed by atoms with van der Waals surface area (Å²) in [6.07, 6.45) is 0. The number of hydrogen-bond acceptors (Lipinski definition) is 0. The van der Waals surface area contributed by atoms with E-state index in [2.05, 4.69) is 126 Å². The van der Waals surface area contributed by atoms with Crippen LogP contribution in [0.25, 0.3) is 0 Å². The van der Waals surface area contributed by atoms with E-state index in [4.69, 9.17) is 0 Å². The molecule has 3 aromatic rings. The van der Waals surface area contributed by atoms with Gasteiger partial charge in [0.25, 0.3) is 0 Å². The molecule has 0 spiro atoms. The molecule has 146 valence electrons. The van der Waals surface area contributed by atoms with Crippen LogP contribution in [0.2, 0.25) is 3.12 Å². The van der Waals surface area contributed by atoms with Crippen molar-refractivity contribution in [2.75, 3.05) is 0 Å². The minimum absolute atomic E-state index is 0.0485. The summed E-state index contributed by atoms with van der Waals surface area (Å²) in [5.74, 6) is 0. The normalized spacial score (nSPS) is 16.4. The average Bonchev–Trinajstić information content (AvgIpc) is 2.93. The molecule has 0 nitrogen and oxygen atoms in total. The van der Waals surface area contributed by atoms with Crippen molar-refractivity contribution in [1.82, 2.24) is 0 Å². The fourth-order valence-corrected chi connectivity index (χ4v) is 21.1. The van der Waals surface area contributed by atoms with E-state index in [1.54, 1.807) is 21.0 Å². The summed E-state index contributed by atoms with van der Waals surface area (Å²) in [5, 5.41) is 0. The quantitative estimate of drug-likeness (QED) is 0.452. The predicted octanol–water partition coefficient (Wildman–Crippen LogP) is 5.98. The van der Waals surface area contributed by atoms with Crippen LogP contribution in [0, 0.1) is 0 Å². The van der Waals surface area contributed by atoms with Crippen molar-refractivity contribution < 1.29 is 20.3 Å². The van der Waals surface area contributed by atoms with E-state index >= 15 is 0 Å². The van der Waals surface area contributed by atoms with Gasteiger partial charge in [-0.3, -0.25) is 0 Å². The van der Waals surface area contributed by atoms with E-state index in [0.717, 1.165) is 0 Å². The Bertz CT molecular complexity index is 952. The van der Waals surface area contributed by atoms with Crippen LogP contribution in [0.5, 0.6) is 0 Å². The Morgan fingerprint density at radius 2 is 0.759 bits per heavy atom. The van der Waals surface area contributed by atoms with E-state index in [9.17, 15) is 0 Å². The molecule has 1 heteroatoms. The first-order valence-corrected chi connectivity index (χ1v) is 15.4. The first-order chi connectivity index (χ1) is 14.0. The summed E-state index contributed by atoms with van der Waals surface area (Å²) < 4.78 is 4.68. The van der Waals surface area contributed by atoms with Crippen LogP contribution in [-0.2, 0) is 20.3 Å². The van der Waals surface area contributed by atoms with Crippen LogP contribution >= 0.6 is 0 Å². The molecular formula is C28H30Zr. The molecule has 3 aromatic carbocycles. The number of allylic oxidation sites excluding steroid dienone is 4. The monoisotopic (exact) mass is 456 g/mol. The molecule has 0 aromatic heterocycles. The SMILES string of the molecule is CC1=C(C)[C](C)([Zr]([c]2ccccc2)([c]2ccccc2)[c]2ccccc2)C(C)=C1C. The third kappa shape index (κ3) is 2.82. The second-order valence-electron chi connectivity index (χ2n) is 8.47. The average molecular weight is 458 g/mol. The molecule has 0 radical (unpaired) electrons. The molecule has 0 saturated heterocycles. The van der Waals surface area contributed by atoms with E-state index in [1.807, 2.05) is 0 Å². The van der Waals surface area contributed by atoms with E-state index in [-0.39, 0.29) is 3.12 Å². The molecule has 0 atom stereocenters. The zero-order valence-corrected chi connectivity index (χ0v) is 20.6. The van der Waals surface area contributed by atoms with E-state index < -0.39 is 20.3 Å². The molecule has 1 aliphatic carbocycles. The van der Waals surface area contributed by atoms with Crippen molar-refractivity contribution in [1.29, 1.82) is 0 Å².